The number of carbonyl (C=O) groups is 1. The number of nitrogens with one attached hydrogen (secondary N) is 2. The highest BCUT2D eigenvalue weighted by atomic mass is 19.1. The molecule has 2 aromatic heterocycles. The van der Waals surface area contributed by atoms with Gasteiger partial charge >= 0.3 is 11.7 Å². The van der Waals surface area contributed by atoms with Crippen molar-refractivity contribution in [3.63, 3.8) is 0 Å². The number of halogens is 1. The number of carboxylic acids is 1. The molecule has 4 N–H and O–H groups in total. The summed E-state index contributed by atoms with van der Waals surface area (Å²) in [4.78, 5) is 56.5. The van der Waals surface area contributed by atoms with Crippen LogP contribution in [0.25, 0.3) is 10.9 Å². The second-order valence-corrected chi connectivity index (χ2v) is 11.5. The van der Waals surface area contributed by atoms with Crippen LogP contribution in [-0.2, 0) is 19.5 Å². The van der Waals surface area contributed by atoms with Crippen molar-refractivity contribution < 1.29 is 19.4 Å². The Kier molecular flexibility index (Phi) is 10.0. The number of aromatic nitrogens is 3. The average molecular weight is 635 g/mol. The van der Waals surface area contributed by atoms with Crippen LogP contribution in [0.15, 0.2) is 57.0 Å². The number of pyridine rings is 1. The summed E-state index contributed by atoms with van der Waals surface area (Å²) >= 11 is 0. The number of aromatic carboxylic acids is 1. The van der Waals surface area contributed by atoms with Gasteiger partial charge in [0.05, 0.1) is 17.8 Å². The lowest BCUT2D eigenvalue weighted by atomic mass is 10.1. The molecule has 1 saturated heterocycles. The molecule has 2 aromatic carbocycles. The fourth-order valence-corrected chi connectivity index (χ4v) is 5.99. The van der Waals surface area contributed by atoms with Gasteiger partial charge in [0.15, 0.2) is 0 Å². The van der Waals surface area contributed by atoms with Gasteiger partial charge in [0.1, 0.15) is 17.2 Å². The summed E-state index contributed by atoms with van der Waals surface area (Å²) < 4.78 is 17.9. The molecule has 4 aromatic rings. The molecule has 0 saturated carbocycles. The van der Waals surface area contributed by atoms with Gasteiger partial charge in [0.2, 0.25) is 5.43 Å². The maximum atomic E-state index is 15.2. The number of piperazine rings is 1. The van der Waals surface area contributed by atoms with Crippen LogP contribution < -0.4 is 26.9 Å². The van der Waals surface area contributed by atoms with Crippen molar-refractivity contribution in [1.29, 1.82) is 0 Å². The van der Waals surface area contributed by atoms with Gasteiger partial charge in [0.25, 0.3) is 5.56 Å². The Morgan fingerprint density at radius 2 is 1.74 bits per heavy atom. The normalized spacial score (nSPS) is 13.8. The number of unbranched alkanes of at least 4 members (excludes halogenated alkanes) is 1. The van der Waals surface area contributed by atoms with Crippen LogP contribution in [0.3, 0.4) is 0 Å². The standard InChI is InChI=1S/C33H39FN6O6/c1-3-22-16-23(7-6-21(22)2)35-29-19-30(42)40(33(46)36-29)9-5-4-8-37-10-12-38(13-11-37)28-18-27-24(17-26(28)34)31(43)25(32(44)45)20-39(27)14-15-41/h6-7,16-20,35,41H,3-5,8-15H2,1-2H3,(H,36,46)(H,44,45). The zero-order valence-corrected chi connectivity index (χ0v) is 26.0. The molecular formula is C33H39FN6O6. The van der Waals surface area contributed by atoms with E-state index in [2.05, 4.69) is 22.1 Å². The molecule has 0 spiro atoms. The number of carboxylic acid groups (broad SMARTS) is 1. The van der Waals surface area contributed by atoms with E-state index in [1.807, 2.05) is 30.0 Å². The molecule has 1 fully saturated rings. The first kappa shape index (κ1) is 32.6. The third kappa shape index (κ3) is 7.05. The van der Waals surface area contributed by atoms with Crippen LogP contribution in [0.2, 0.25) is 0 Å². The molecule has 5 rings (SSSR count). The first-order valence-electron chi connectivity index (χ1n) is 15.5. The first-order chi connectivity index (χ1) is 22.1. The van der Waals surface area contributed by atoms with Gasteiger partial charge in [-0.1, -0.05) is 13.0 Å². The van der Waals surface area contributed by atoms with Crippen molar-refractivity contribution >= 4 is 34.1 Å². The van der Waals surface area contributed by atoms with E-state index in [-0.39, 0.29) is 24.1 Å². The van der Waals surface area contributed by atoms with Gasteiger partial charge < -0.3 is 25.0 Å². The highest BCUT2D eigenvalue weighted by Crippen LogP contribution is 2.26. The average Bonchev–Trinajstić information content (AvgIpc) is 3.02. The third-order valence-corrected chi connectivity index (χ3v) is 8.57. The molecule has 3 heterocycles. The van der Waals surface area contributed by atoms with E-state index in [0.29, 0.717) is 56.2 Å². The van der Waals surface area contributed by atoms with E-state index >= 15 is 4.39 Å². The topological polar surface area (TPSA) is 153 Å². The van der Waals surface area contributed by atoms with E-state index in [1.54, 1.807) is 6.07 Å². The van der Waals surface area contributed by atoms with Crippen molar-refractivity contribution in [2.75, 3.05) is 49.5 Å². The largest absolute Gasteiger partial charge is 0.477 e. The Morgan fingerprint density at radius 1 is 1.00 bits per heavy atom. The summed E-state index contributed by atoms with van der Waals surface area (Å²) in [6.07, 6.45) is 3.46. The zero-order valence-electron chi connectivity index (χ0n) is 26.0. The lowest BCUT2D eigenvalue weighted by Crippen LogP contribution is -2.47. The highest BCUT2D eigenvalue weighted by Gasteiger charge is 2.22. The molecule has 1 aliphatic heterocycles. The summed E-state index contributed by atoms with van der Waals surface area (Å²) in [7, 11) is 0. The summed E-state index contributed by atoms with van der Waals surface area (Å²) in [6.45, 7) is 7.35. The van der Waals surface area contributed by atoms with Crippen LogP contribution in [0.4, 0.5) is 21.6 Å². The SMILES string of the molecule is CCc1cc(Nc2cc(=O)n(CCCCN3CCN(c4cc5c(cc4F)c(=O)c(C(=O)O)cn5CCO)CC3)c(=O)[nH]2)ccc1C. The van der Waals surface area contributed by atoms with Crippen molar-refractivity contribution in [3.05, 3.63) is 96.2 Å². The van der Waals surface area contributed by atoms with Gasteiger partial charge in [-0.05, 0) is 68.1 Å². The predicted molar refractivity (Wildman–Crippen MR) is 175 cm³/mol. The molecule has 1 aliphatic rings. The number of hydrogen-bond donors (Lipinski definition) is 4. The summed E-state index contributed by atoms with van der Waals surface area (Å²) in [5.74, 6) is -1.68. The van der Waals surface area contributed by atoms with Crippen LogP contribution >= 0.6 is 0 Å². The second-order valence-electron chi connectivity index (χ2n) is 11.5. The van der Waals surface area contributed by atoms with E-state index in [1.165, 1.54) is 32.5 Å². The number of aromatic amines is 1. The number of aryl methyl sites for hydroxylation is 2. The quantitative estimate of drug-likeness (QED) is 0.172. The van der Waals surface area contributed by atoms with Crippen molar-refractivity contribution in [1.82, 2.24) is 19.0 Å². The minimum atomic E-state index is -1.41. The van der Waals surface area contributed by atoms with E-state index in [0.717, 1.165) is 31.1 Å². The molecule has 0 bridgehead atoms. The fourth-order valence-electron chi connectivity index (χ4n) is 5.99. The maximum Gasteiger partial charge on any atom is 0.341 e. The zero-order chi connectivity index (χ0) is 33.0. The second kappa shape index (κ2) is 14.1. The molecule has 13 heteroatoms. The number of H-pyrrole nitrogens is 1. The van der Waals surface area contributed by atoms with Crippen molar-refractivity contribution in [3.8, 4) is 0 Å². The Bertz CT molecular complexity index is 1890. The molecular weight excluding hydrogens is 595 g/mol. The number of aliphatic hydroxyl groups is 1. The highest BCUT2D eigenvalue weighted by molar-refractivity contribution is 5.93. The first-order valence-corrected chi connectivity index (χ1v) is 15.5. The van der Waals surface area contributed by atoms with Gasteiger partial charge in [-0.3, -0.25) is 24.0 Å². The minimum absolute atomic E-state index is 0.0473. The van der Waals surface area contributed by atoms with E-state index < -0.39 is 28.5 Å². The number of aliphatic hydroxyl groups excluding tert-OH is 1. The Labute approximate surface area is 264 Å². The third-order valence-electron chi connectivity index (χ3n) is 8.57. The number of rotatable bonds is 12. The molecule has 0 radical (unpaired) electrons. The van der Waals surface area contributed by atoms with Crippen LogP contribution in [0, 0.1) is 12.7 Å². The molecule has 244 valence electrons. The fraction of sp³-hybridized carbons (Fsp3) is 0.394. The van der Waals surface area contributed by atoms with Gasteiger partial charge in [-0.15, -0.1) is 0 Å². The lowest BCUT2D eigenvalue weighted by molar-refractivity contribution is 0.0694. The number of fused-ring (bicyclic) bond motifs is 1. The van der Waals surface area contributed by atoms with E-state index in [4.69, 9.17) is 0 Å². The number of nitrogens with zero attached hydrogens (tertiary/aromatic N) is 4. The molecule has 0 aliphatic carbocycles. The summed E-state index contributed by atoms with van der Waals surface area (Å²) in [6, 6.07) is 9.94. The van der Waals surface area contributed by atoms with Gasteiger partial charge in [-0.25, -0.2) is 14.0 Å². The predicted octanol–water partition coefficient (Wildman–Crippen LogP) is 2.90. The van der Waals surface area contributed by atoms with Crippen LogP contribution in [-0.4, -0.2) is 74.5 Å². The van der Waals surface area contributed by atoms with Gasteiger partial charge in [0, 0.05) is 62.6 Å². The van der Waals surface area contributed by atoms with Crippen molar-refractivity contribution in [2.24, 2.45) is 0 Å². The minimum Gasteiger partial charge on any atom is -0.477 e. The molecule has 46 heavy (non-hydrogen) atoms. The monoisotopic (exact) mass is 634 g/mol. The lowest BCUT2D eigenvalue weighted by Gasteiger charge is -2.36. The van der Waals surface area contributed by atoms with Crippen LogP contribution in [0.1, 0.15) is 41.3 Å². The number of anilines is 3. The number of benzene rings is 2. The van der Waals surface area contributed by atoms with Crippen LogP contribution in [0.5, 0.6) is 0 Å². The van der Waals surface area contributed by atoms with Crippen molar-refractivity contribution in [2.45, 2.75) is 46.2 Å². The molecule has 0 amide bonds. The molecule has 0 unspecified atom stereocenters. The Morgan fingerprint density at radius 3 is 2.41 bits per heavy atom. The summed E-state index contributed by atoms with van der Waals surface area (Å²) in [5, 5.41) is 21.9. The smallest absolute Gasteiger partial charge is 0.341 e. The maximum absolute atomic E-state index is 15.2. The van der Waals surface area contributed by atoms with Gasteiger partial charge in [-0.2, -0.15) is 0 Å². The molecule has 12 nitrogen and oxygen atoms in total. The Hall–Kier alpha value is -4.75. The summed E-state index contributed by atoms with van der Waals surface area (Å²) in [5.41, 5.74) is 1.76. The number of hydrogen-bond acceptors (Lipinski definition) is 8. The molecule has 0 atom stereocenters. The Balaban J connectivity index is 1.16. The van der Waals surface area contributed by atoms with E-state index in [9.17, 15) is 29.4 Å².